The van der Waals surface area contributed by atoms with Crippen LogP contribution in [0.5, 0.6) is 0 Å². The maximum Gasteiger partial charge on any atom is 0.271 e. The first-order chi connectivity index (χ1) is 8.65. The zero-order valence-electron chi connectivity index (χ0n) is 10.9. The molecule has 1 aromatic rings. The minimum absolute atomic E-state index is 0.126. The SMILES string of the molecule is COCC1(CNC(=O)c2cn(C)cn2)CCCN1. The number of nitrogens with zero attached hydrogens (tertiary/aromatic N) is 2. The molecule has 1 aliphatic heterocycles. The van der Waals surface area contributed by atoms with E-state index in [1.165, 1.54) is 0 Å². The first-order valence-electron chi connectivity index (χ1n) is 6.15. The molecule has 0 bridgehead atoms. The summed E-state index contributed by atoms with van der Waals surface area (Å²) in [6.07, 6.45) is 5.46. The van der Waals surface area contributed by atoms with E-state index in [-0.39, 0.29) is 11.4 Å². The third kappa shape index (κ3) is 2.88. The zero-order valence-corrected chi connectivity index (χ0v) is 10.9. The van der Waals surface area contributed by atoms with Crippen LogP contribution in [0.25, 0.3) is 0 Å². The fourth-order valence-electron chi connectivity index (χ4n) is 2.34. The lowest BCUT2D eigenvalue weighted by atomic mass is 9.98. The van der Waals surface area contributed by atoms with Crippen molar-refractivity contribution in [3.8, 4) is 0 Å². The van der Waals surface area contributed by atoms with Crippen molar-refractivity contribution >= 4 is 5.91 Å². The average molecular weight is 252 g/mol. The second-order valence-corrected chi connectivity index (χ2v) is 4.85. The minimum atomic E-state index is -0.139. The largest absolute Gasteiger partial charge is 0.383 e. The fraction of sp³-hybridized carbons (Fsp3) is 0.667. The van der Waals surface area contributed by atoms with Gasteiger partial charge in [0, 0.05) is 26.9 Å². The number of carbonyl (C=O) groups excluding carboxylic acids is 1. The summed E-state index contributed by atoms with van der Waals surface area (Å²) in [5.41, 5.74) is 0.321. The monoisotopic (exact) mass is 252 g/mol. The quantitative estimate of drug-likeness (QED) is 0.769. The first kappa shape index (κ1) is 13.0. The Labute approximate surface area is 107 Å². The summed E-state index contributed by atoms with van der Waals surface area (Å²) >= 11 is 0. The molecule has 1 atom stereocenters. The number of aryl methyl sites for hydroxylation is 1. The molecule has 0 aliphatic carbocycles. The van der Waals surface area contributed by atoms with Crippen LogP contribution in [0.1, 0.15) is 23.3 Å². The zero-order chi connectivity index (χ0) is 13.0. The van der Waals surface area contributed by atoms with Crippen molar-refractivity contribution in [1.29, 1.82) is 0 Å². The van der Waals surface area contributed by atoms with Crippen molar-refractivity contribution in [3.05, 3.63) is 18.2 Å². The number of aromatic nitrogens is 2. The molecule has 0 radical (unpaired) electrons. The van der Waals surface area contributed by atoms with Gasteiger partial charge in [-0.05, 0) is 19.4 Å². The average Bonchev–Trinajstić information content (AvgIpc) is 2.97. The first-order valence-corrected chi connectivity index (χ1v) is 6.15. The van der Waals surface area contributed by atoms with Gasteiger partial charge in [0.15, 0.2) is 0 Å². The van der Waals surface area contributed by atoms with E-state index in [9.17, 15) is 4.79 Å². The van der Waals surface area contributed by atoms with Gasteiger partial charge in [-0.1, -0.05) is 0 Å². The van der Waals surface area contributed by atoms with Crippen molar-refractivity contribution in [2.75, 3.05) is 26.8 Å². The molecule has 0 saturated carbocycles. The molecule has 100 valence electrons. The molecule has 18 heavy (non-hydrogen) atoms. The molecule has 2 rings (SSSR count). The fourth-order valence-corrected chi connectivity index (χ4v) is 2.34. The van der Waals surface area contributed by atoms with Crippen molar-refractivity contribution in [2.45, 2.75) is 18.4 Å². The van der Waals surface area contributed by atoms with Gasteiger partial charge in [0.2, 0.25) is 0 Å². The maximum absolute atomic E-state index is 11.9. The molecule has 1 aliphatic rings. The number of imidazole rings is 1. The van der Waals surface area contributed by atoms with Gasteiger partial charge < -0.3 is 19.9 Å². The Balaban J connectivity index is 1.91. The lowest BCUT2D eigenvalue weighted by Crippen LogP contribution is -2.53. The van der Waals surface area contributed by atoms with E-state index in [4.69, 9.17) is 4.74 Å². The van der Waals surface area contributed by atoms with Crippen LogP contribution in [0.3, 0.4) is 0 Å². The topological polar surface area (TPSA) is 68.2 Å². The molecule has 1 saturated heterocycles. The minimum Gasteiger partial charge on any atom is -0.383 e. The number of amides is 1. The smallest absolute Gasteiger partial charge is 0.271 e. The van der Waals surface area contributed by atoms with E-state index < -0.39 is 0 Å². The van der Waals surface area contributed by atoms with Crippen LogP contribution in [0.15, 0.2) is 12.5 Å². The molecular weight excluding hydrogens is 232 g/mol. The number of hydrogen-bond donors (Lipinski definition) is 2. The van der Waals surface area contributed by atoms with Gasteiger partial charge in [0.25, 0.3) is 5.91 Å². The summed E-state index contributed by atoms with van der Waals surface area (Å²) in [6.45, 7) is 2.15. The van der Waals surface area contributed by atoms with Gasteiger partial charge in [-0.2, -0.15) is 0 Å². The highest BCUT2D eigenvalue weighted by Crippen LogP contribution is 2.18. The summed E-state index contributed by atoms with van der Waals surface area (Å²) < 4.78 is 7.00. The molecule has 6 heteroatoms. The third-order valence-corrected chi connectivity index (χ3v) is 3.28. The van der Waals surface area contributed by atoms with E-state index in [2.05, 4.69) is 15.6 Å². The number of carbonyl (C=O) groups is 1. The van der Waals surface area contributed by atoms with Crippen LogP contribution in [0.4, 0.5) is 0 Å². The molecule has 2 heterocycles. The summed E-state index contributed by atoms with van der Waals surface area (Å²) in [5, 5.41) is 6.34. The van der Waals surface area contributed by atoms with E-state index >= 15 is 0 Å². The van der Waals surface area contributed by atoms with Crippen LogP contribution in [0.2, 0.25) is 0 Å². The summed E-state index contributed by atoms with van der Waals surface area (Å²) in [7, 11) is 3.52. The maximum atomic E-state index is 11.9. The van der Waals surface area contributed by atoms with Crippen LogP contribution >= 0.6 is 0 Å². The van der Waals surface area contributed by atoms with E-state index in [1.54, 1.807) is 24.2 Å². The van der Waals surface area contributed by atoms with Crippen LogP contribution in [-0.4, -0.2) is 47.8 Å². The van der Waals surface area contributed by atoms with Gasteiger partial charge >= 0.3 is 0 Å². The Hall–Kier alpha value is -1.40. The predicted octanol–water partition coefficient (Wildman–Crippen LogP) is -0.0815. The molecular formula is C12H20N4O2. The molecule has 0 aromatic carbocycles. The molecule has 1 amide bonds. The van der Waals surface area contributed by atoms with Gasteiger partial charge in [0.05, 0.1) is 18.5 Å². The van der Waals surface area contributed by atoms with E-state index in [0.717, 1.165) is 19.4 Å². The van der Waals surface area contributed by atoms with E-state index in [0.29, 0.717) is 18.8 Å². The highest BCUT2D eigenvalue weighted by molar-refractivity contribution is 5.92. The van der Waals surface area contributed by atoms with Gasteiger partial charge in [-0.3, -0.25) is 4.79 Å². The predicted molar refractivity (Wildman–Crippen MR) is 67.4 cm³/mol. The molecule has 0 spiro atoms. The second kappa shape index (κ2) is 5.49. The molecule has 6 nitrogen and oxygen atoms in total. The number of ether oxygens (including phenoxy) is 1. The van der Waals surface area contributed by atoms with E-state index in [1.807, 2.05) is 7.05 Å². The summed E-state index contributed by atoms with van der Waals surface area (Å²) in [6, 6.07) is 0. The highest BCUT2D eigenvalue weighted by Gasteiger charge is 2.33. The Morgan fingerprint density at radius 1 is 1.72 bits per heavy atom. The number of rotatable bonds is 5. The lowest BCUT2D eigenvalue weighted by Gasteiger charge is -2.28. The molecule has 1 aromatic heterocycles. The second-order valence-electron chi connectivity index (χ2n) is 4.85. The van der Waals surface area contributed by atoms with Gasteiger partial charge in [-0.25, -0.2) is 4.98 Å². The summed E-state index contributed by atoms with van der Waals surface area (Å²) in [5.74, 6) is -0.139. The molecule has 1 unspecified atom stereocenters. The summed E-state index contributed by atoms with van der Waals surface area (Å²) in [4.78, 5) is 15.9. The van der Waals surface area contributed by atoms with Gasteiger partial charge in [-0.15, -0.1) is 0 Å². The Kier molecular flexibility index (Phi) is 3.98. The van der Waals surface area contributed by atoms with Crippen molar-refractivity contribution in [2.24, 2.45) is 7.05 Å². The van der Waals surface area contributed by atoms with Crippen LogP contribution in [-0.2, 0) is 11.8 Å². The van der Waals surface area contributed by atoms with Crippen molar-refractivity contribution < 1.29 is 9.53 Å². The lowest BCUT2D eigenvalue weighted by molar-refractivity contribution is 0.0888. The number of methoxy groups -OCH3 is 1. The van der Waals surface area contributed by atoms with Crippen molar-refractivity contribution in [1.82, 2.24) is 20.2 Å². The Bertz CT molecular complexity index is 410. The molecule has 2 N–H and O–H groups in total. The number of nitrogens with one attached hydrogen (secondary N) is 2. The van der Waals surface area contributed by atoms with Crippen molar-refractivity contribution in [3.63, 3.8) is 0 Å². The Morgan fingerprint density at radius 3 is 3.11 bits per heavy atom. The van der Waals surface area contributed by atoms with Gasteiger partial charge in [0.1, 0.15) is 5.69 Å². The third-order valence-electron chi connectivity index (χ3n) is 3.28. The number of hydrogen-bond acceptors (Lipinski definition) is 4. The Morgan fingerprint density at radius 2 is 2.56 bits per heavy atom. The molecule has 1 fully saturated rings. The highest BCUT2D eigenvalue weighted by atomic mass is 16.5. The normalized spacial score (nSPS) is 23.2. The standard InChI is InChI=1S/C12H20N4O2/c1-16-6-10(14-9-16)11(17)13-7-12(8-18-2)4-3-5-15-12/h6,9,15H,3-5,7-8H2,1-2H3,(H,13,17). The van der Waals surface area contributed by atoms with Crippen LogP contribution < -0.4 is 10.6 Å². The van der Waals surface area contributed by atoms with Crippen LogP contribution in [0, 0.1) is 0 Å².